The summed E-state index contributed by atoms with van der Waals surface area (Å²) in [5.41, 5.74) is -0.500. The van der Waals surface area contributed by atoms with E-state index in [1.165, 1.54) is 0 Å². The number of carbonyl (C=O) groups is 1. The Morgan fingerprint density at radius 2 is 1.52 bits per heavy atom. The van der Waals surface area contributed by atoms with Gasteiger partial charge in [-0.3, -0.25) is 4.79 Å². The molecule has 0 atom stereocenters. The van der Waals surface area contributed by atoms with Gasteiger partial charge >= 0.3 is 5.97 Å². The van der Waals surface area contributed by atoms with Gasteiger partial charge in [-0.2, -0.15) is 0 Å². The highest BCUT2D eigenvalue weighted by Crippen LogP contribution is 2.31. The van der Waals surface area contributed by atoms with E-state index in [4.69, 9.17) is 13.6 Å². The quantitative estimate of drug-likeness (QED) is 0.785. The molecule has 2 aromatic heterocycles. The van der Waals surface area contributed by atoms with Gasteiger partial charge in [-0.1, -0.05) is 0 Å². The van der Waals surface area contributed by atoms with Crippen LogP contribution in [0.5, 0.6) is 0 Å². The molecule has 0 aromatic carbocycles. The molecule has 0 spiro atoms. The smallest absolute Gasteiger partial charge is 0.307 e. The molecule has 0 aliphatic carbocycles. The predicted octanol–water partition coefficient (Wildman–Crippen LogP) is 4.35. The summed E-state index contributed by atoms with van der Waals surface area (Å²) in [4.78, 5) is 12.1. The fraction of sp³-hybridized carbons (Fsp3) is 0.471. The summed E-state index contributed by atoms with van der Waals surface area (Å²) in [5, 5.41) is 0. The van der Waals surface area contributed by atoms with E-state index in [1.807, 2.05) is 58.9 Å². The van der Waals surface area contributed by atoms with E-state index < -0.39 is 5.60 Å². The second kappa shape index (κ2) is 5.80. The monoisotopic (exact) mass is 290 g/mol. The van der Waals surface area contributed by atoms with Gasteiger partial charge in [0.2, 0.25) is 0 Å². The maximum absolute atomic E-state index is 12.1. The molecule has 0 saturated carbocycles. The molecule has 114 valence electrons. The van der Waals surface area contributed by atoms with Crippen molar-refractivity contribution in [3.63, 3.8) is 0 Å². The number of esters is 1. The van der Waals surface area contributed by atoms with Crippen LogP contribution >= 0.6 is 0 Å². The van der Waals surface area contributed by atoms with Crippen molar-refractivity contribution in [2.24, 2.45) is 0 Å². The predicted molar refractivity (Wildman–Crippen MR) is 79.2 cm³/mol. The Morgan fingerprint density at radius 3 is 1.86 bits per heavy atom. The van der Waals surface area contributed by atoms with E-state index >= 15 is 0 Å². The second-order valence-corrected chi connectivity index (χ2v) is 6.24. The molecule has 0 saturated heterocycles. The molecular formula is C17H22O4. The molecule has 0 amide bonds. The summed E-state index contributed by atoms with van der Waals surface area (Å²) in [6, 6.07) is 7.52. The number of carbonyl (C=O) groups excluding carboxylic acids is 1. The van der Waals surface area contributed by atoms with Crippen LogP contribution in [0.3, 0.4) is 0 Å². The average Bonchev–Trinajstić information content (AvgIpc) is 2.93. The van der Waals surface area contributed by atoms with E-state index in [1.54, 1.807) is 0 Å². The Labute approximate surface area is 125 Å². The van der Waals surface area contributed by atoms with Crippen LogP contribution in [0.25, 0.3) is 0 Å². The van der Waals surface area contributed by atoms with Crippen LogP contribution in [0, 0.1) is 13.8 Å². The first kappa shape index (κ1) is 15.4. The summed E-state index contributed by atoms with van der Waals surface area (Å²) in [7, 11) is 0. The molecule has 4 heteroatoms. The van der Waals surface area contributed by atoms with Crippen molar-refractivity contribution in [1.29, 1.82) is 0 Å². The van der Waals surface area contributed by atoms with Crippen molar-refractivity contribution in [3.8, 4) is 0 Å². The van der Waals surface area contributed by atoms with E-state index in [0.717, 1.165) is 11.5 Å². The Bertz CT molecular complexity index is 573. The zero-order chi connectivity index (χ0) is 15.6. The molecule has 21 heavy (non-hydrogen) atoms. The van der Waals surface area contributed by atoms with Gasteiger partial charge in [-0.05, 0) is 58.9 Å². The number of aryl methyl sites for hydroxylation is 2. The molecule has 2 aromatic rings. The summed E-state index contributed by atoms with van der Waals surface area (Å²) < 4.78 is 16.7. The van der Waals surface area contributed by atoms with E-state index in [9.17, 15) is 4.79 Å². The van der Waals surface area contributed by atoms with Crippen LogP contribution in [-0.4, -0.2) is 11.6 Å². The molecular weight excluding hydrogens is 268 g/mol. The SMILES string of the molecule is Cc1ccc(C(CC(=O)OC(C)(C)C)c2ccc(C)o2)o1. The number of hydrogen-bond acceptors (Lipinski definition) is 4. The zero-order valence-electron chi connectivity index (χ0n) is 13.2. The number of hydrogen-bond donors (Lipinski definition) is 0. The Morgan fingerprint density at radius 1 is 1.05 bits per heavy atom. The third-order valence-corrected chi connectivity index (χ3v) is 3.00. The fourth-order valence-electron chi connectivity index (χ4n) is 2.17. The van der Waals surface area contributed by atoms with Gasteiger partial charge in [0, 0.05) is 0 Å². The lowest BCUT2D eigenvalue weighted by Crippen LogP contribution is -2.25. The summed E-state index contributed by atoms with van der Waals surface area (Å²) in [6.45, 7) is 9.32. The summed E-state index contributed by atoms with van der Waals surface area (Å²) in [5.74, 6) is 2.52. The van der Waals surface area contributed by atoms with Crippen LogP contribution in [0.1, 0.15) is 56.2 Å². The first-order chi connectivity index (χ1) is 9.74. The molecule has 0 radical (unpaired) electrons. The second-order valence-electron chi connectivity index (χ2n) is 6.24. The first-order valence-corrected chi connectivity index (χ1v) is 7.09. The van der Waals surface area contributed by atoms with Gasteiger partial charge in [0.1, 0.15) is 28.6 Å². The molecule has 0 N–H and O–H groups in total. The van der Waals surface area contributed by atoms with Gasteiger partial charge in [-0.25, -0.2) is 0 Å². The Kier molecular flexibility index (Phi) is 4.26. The van der Waals surface area contributed by atoms with Crippen LogP contribution in [-0.2, 0) is 9.53 Å². The standard InChI is InChI=1S/C17H22O4/c1-11-6-8-14(19-11)13(15-9-7-12(2)20-15)10-16(18)21-17(3,4)5/h6-9,13H,10H2,1-5H3. The molecule has 2 heterocycles. The van der Waals surface area contributed by atoms with E-state index in [0.29, 0.717) is 11.5 Å². The lowest BCUT2D eigenvalue weighted by Gasteiger charge is -2.21. The molecule has 2 rings (SSSR count). The number of furan rings is 2. The van der Waals surface area contributed by atoms with Gasteiger partial charge < -0.3 is 13.6 Å². The van der Waals surface area contributed by atoms with Crippen molar-refractivity contribution < 1.29 is 18.4 Å². The zero-order valence-corrected chi connectivity index (χ0v) is 13.2. The van der Waals surface area contributed by atoms with Crippen LogP contribution in [0.2, 0.25) is 0 Å². The third-order valence-electron chi connectivity index (χ3n) is 3.00. The third kappa shape index (κ3) is 4.25. The highest BCUT2D eigenvalue weighted by molar-refractivity contribution is 5.71. The van der Waals surface area contributed by atoms with Gasteiger partial charge in [0.05, 0.1) is 12.3 Å². The van der Waals surface area contributed by atoms with Crippen LogP contribution < -0.4 is 0 Å². The van der Waals surface area contributed by atoms with Crippen molar-refractivity contribution in [2.75, 3.05) is 0 Å². The fourth-order valence-corrected chi connectivity index (χ4v) is 2.17. The number of ether oxygens (including phenoxy) is 1. The maximum Gasteiger partial charge on any atom is 0.307 e. The normalized spacial score (nSPS) is 11.9. The van der Waals surface area contributed by atoms with Gasteiger partial charge in [0.15, 0.2) is 0 Å². The summed E-state index contributed by atoms with van der Waals surface area (Å²) in [6.07, 6.45) is 0.192. The lowest BCUT2D eigenvalue weighted by atomic mass is 9.99. The molecule has 0 fully saturated rings. The molecule has 0 unspecified atom stereocenters. The van der Waals surface area contributed by atoms with E-state index in [-0.39, 0.29) is 18.3 Å². The summed E-state index contributed by atoms with van der Waals surface area (Å²) >= 11 is 0. The van der Waals surface area contributed by atoms with Crippen LogP contribution in [0.4, 0.5) is 0 Å². The highest BCUT2D eigenvalue weighted by atomic mass is 16.6. The van der Waals surface area contributed by atoms with Crippen molar-refractivity contribution in [1.82, 2.24) is 0 Å². The van der Waals surface area contributed by atoms with Crippen LogP contribution in [0.15, 0.2) is 33.1 Å². The lowest BCUT2D eigenvalue weighted by molar-refractivity contribution is -0.155. The minimum atomic E-state index is -0.500. The minimum Gasteiger partial charge on any atom is -0.466 e. The molecule has 0 aliphatic heterocycles. The average molecular weight is 290 g/mol. The van der Waals surface area contributed by atoms with Crippen molar-refractivity contribution in [3.05, 3.63) is 47.3 Å². The Hall–Kier alpha value is -1.97. The Balaban J connectivity index is 2.23. The first-order valence-electron chi connectivity index (χ1n) is 7.09. The van der Waals surface area contributed by atoms with Gasteiger partial charge in [0.25, 0.3) is 0 Å². The largest absolute Gasteiger partial charge is 0.466 e. The van der Waals surface area contributed by atoms with Gasteiger partial charge in [-0.15, -0.1) is 0 Å². The molecule has 0 aliphatic rings. The molecule has 4 nitrogen and oxygen atoms in total. The molecule has 0 bridgehead atoms. The van der Waals surface area contributed by atoms with E-state index in [2.05, 4.69) is 0 Å². The highest BCUT2D eigenvalue weighted by Gasteiger charge is 2.27. The number of rotatable bonds is 4. The van der Waals surface area contributed by atoms with Crippen molar-refractivity contribution >= 4 is 5.97 Å². The maximum atomic E-state index is 12.1. The minimum absolute atomic E-state index is 0.192. The topological polar surface area (TPSA) is 52.6 Å². The van der Waals surface area contributed by atoms with Crippen molar-refractivity contribution in [2.45, 2.75) is 52.6 Å².